The highest BCUT2D eigenvalue weighted by Gasteiger charge is 2.27. The normalized spacial score (nSPS) is 15.1. The molecule has 0 aliphatic heterocycles. The number of hydrogen-bond donors (Lipinski definition) is 3. The summed E-state index contributed by atoms with van der Waals surface area (Å²) in [5.74, 6) is -1.83. The lowest BCUT2D eigenvalue weighted by Gasteiger charge is -2.20. The van der Waals surface area contributed by atoms with Gasteiger partial charge in [-0.05, 0) is 44.9 Å². The van der Waals surface area contributed by atoms with Gasteiger partial charge in [0, 0.05) is 6.42 Å². The number of rotatable bonds is 30. The second kappa shape index (κ2) is 30.3. The zero-order chi connectivity index (χ0) is 33.4. The first kappa shape index (κ1) is 42.7. The van der Waals surface area contributed by atoms with Gasteiger partial charge in [-0.15, -0.1) is 0 Å². The largest absolute Gasteiger partial charge is 0.480 e. The molecule has 0 spiro atoms. The highest BCUT2D eigenvalue weighted by Crippen LogP contribution is 2.43. The molecule has 0 bridgehead atoms. The fraction of sp³-hybridized carbons (Fsp3) is 0.647. The Kier molecular flexibility index (Phi) is 28.8. The number of aliphatic carboxylic acids is 1. The van der Waals surface area contributed by atoms with Gasteiger partial charge in [-0.25, -0.2) is 4.57 Å². The minimum Gasteiger partial charge on any atom is -0.480 e. The van der Waals surface area contributed by atoms with Crippen LogP contribution in [0.4, 0.5) is 0 Å². The standard InChI is InChI=1S/C34H58NO9P/c1-3-5-7-9-11-12-13-14-15-16-17-18-19-21-23-25-27-41-28-31(29-42-45(39,40)43-30-32(35)34(37)38)44-33(36)26-24-22-20-10-8-6-4-2/h5,7,11-12,14-15,17-18,21,23,31-32H,3-4,6,8-10,13,16,19-20,22,24-30,35H2,1-2H3,(H,37,38)(H,39,40)/b7-5-,12-11-,15-14-,18-17-,23-21-. The molecule has 0 radical (unpaired) electrons. The molecule has 11 heteroatoms. The number of carbonyl (C=O) groups is 2. The van der Waals surface area contributed by atoms with Crippen molar-refractivity contribution in [3.05, 3.63) is 60.8 Å². The molecule has 0 aromatic rings. The van der Waals surface area contributed by atoms with Crippen LogP contribution < -0.4 is 5.73 Å². The van der Waals surface area contributed by atoms with Crippen molar-refractivity contribution in [3.63, 3.8) is 0 Å². The fourth-order valence-electron chi connectivity index (χ4n) is 3.78. The number of carboxylic acid groups (broad SMARTS) is 1. The predicted molar refractivity (Wildman–Crippen MR) is 180 cm³/mol. The Balaban J connectivity index is 4.47. The van der Waals surface area contributed by atoms with Gasteiger partial charge in [-0.1, -0.05) is 113 Å². The summed E-state index contributed by atoms with van der Waals surface area (Å²) in [5, 5.41) is 8.81. The van der Waals surface area contributed by atoms with Crippen LogP contribution in [0.15, 0.2) is 60.8 Å². The average molecular weight is 656 g/mol. The second-order valence-electron chi connectivity index (χ2n) is 10.6. The molecular weight excluding hydrogens is 597 g/mol. The molecule has 0 aromatic heterocycles. The topological polar surface area (TPSA) is 155 Å². The van der Waals surface area contributed by atoms with Crippen molar-refractivity contribution in [1.82, 2.24) is 0 Å². The molecule has 0 aliphatic rings. The van der Waals surface area contributed by atoms with Crippen LogP contribution in [-0.2, 0) is 32.7 Å². The van der Waals surface area contributed by atoms with Gasteiger partial charge in [0.25, 0.3) is 0 Å². The number of carboxylic acids is 1. The highest BCUT2D eigenvalue weighted by molar-refractivity contribution is 7.47. The monoisotopic (exact) mass is 655 g/mol. The lowest BCUT2D eigenvalue weighted by molar-refractivity contribution is -0.154. The number of phosphoric ester groups is 1. The summed E-state index contributed by atoms with van der Waals surface area (Å²) in [6.07, 6.45) is 33.3. The maximum atomic E-state index is 12.4. The Morgan fingerprint density at radius 3 is 1.80 bits per heavy atom. The van der Waals surface area contributed by atoms with Crippen molar-refractivity contribution in [2.75, 3.05) is 26.4 Å². The van der Waals surface area contributed by atoms with Gasteiger partial charge in [-0.3, -0.25) is 18.6 Å². The van der Waals surface area contributed by atoms with Crippen molar-refractivity contribution in [2.45, 2.75) is 116 Å². The van der Waals surface area contributed by atoms with E-state index in [4.69, 9.17) is 24.8 Å². The van der Waals surface area contributed by atoms with Crippen molar-refractivity contribution < 1.29 is 42.7 Å². The summed E-state index contributed by atoms with van der Waals surface area (Å²) in [5.41, 5.74) is 5.30. The fourth-order valence-corrected chi connectivity index (χ4v) is 4.56. The Morgan fingerprint density at radius 2 is 1.24 bits per heavy atom. The maximum Gasteiger partial charge on any atom is 0.472 e. The zero-order valence-electron chi connectivity index (χ0n) is 27.4. The van der Waals surface area contributed by atoms with Gasteiger partial charge >= 0.3 is 19.8 Å². The molecule has 0 fully saturated rings. The van der Waals surface area contributed by atoms with E-state index in [1.165, 1.54) is 19.3 Å². The minimum absolute atomic E-state index is 0.0396. The van der Waals surface area contributed by atoms with E-state index in [1.54, 1.807) is 0 Å². The van der Waals surface area contributed by atoms with Gasteiger partial charge in [0.1, 0.15) is 12.1 Å². The van der Waals surface area contributed by atoms with Gasteiger partial charge < -0.3 is 25.2 Å². The van der Waals surface area contributed by atoms with E-state index in [9.17, 15) is 19.0 Å². The first-order valence-electron chi connectivity index (χ1n) is 16.3. The first-order valence-corrected chi connectivity index (χ1v) is 17.8. The molecule has 3 atom stereocenters. The van der Waals surface area contributed by atoms with Crippen LogP contribution in [-0.4, -0.2) is 60.5 Å². The number of hydrogen-bond acceptors (Lipinski definition) is 8. The van der Waals surface area contributed by atoms with Crippen LogP contribution in [0, 0.1) is 0 Å². The Bertz CT molecular complexity index is 946. The Hall–Kier alpha value is -2.33. The number of allylic oxidation sites excluding steroid dienone is 9. The summed E-state index contributed by atoms with van der Waals surface area (Å²) >= 11 is 0. The summed E-state index contributed by atoms with van der Waals surface area (Å²) in [4.78, 5) is 33.1. The average Bonchev–Trinajstić information content (AvgIpc) is 3.01. The third-order valence-electron chi connectivity index (χ3n) is 6.33. The summed E-state index contributed by atoms with van der Waals surface area (Å²) < 4.78 is 32.8. The maximum absolute atomic E-state index is 12.4. The number of nitrogens with two attached hydrogens (primary N) is 1. The molecule has 0 saturated heterocycles. The first-order chi connectivity index (χ1) is 21.7. The quantitative estimate of drug-likeness (QED) is 0.0303. The van der Waals surface area contributed by atoms with Crippen LogP contribution in [0.3, 0.4) is 0 Å². The summed E-state index contributed by atoms with van der Waals surface area (Å²) in [6, 6.07) is -1.48. The van der Waals surface area contributed by atoms with Crippen molar-refractivity contribution in [2.24, 2.45) is 5.73 Å². The van der Waals surface area contributed by atoms with Crippen LogP contribution in [0.2, 0.25) is 0 Å². The van der Waals surface area contributed by atoms with E-state index >= 15 is 0 Å². The SMILES string of the molecule is CC/C=C\C/C=C\C/C=C\C/C=C\C/C=C\CCOCC(COP(=O)(O)OCC(N)C(=O)O)OC(=O)CCCCCCCCC. The van der Waals surface area contributed by atoms with Crippen molar-refractivity contribution >= 4 is 19.8 Å². The number of unbranched alkanes of at least 4 members (excludes halogenated alkanes) is 6. The molecule has 0 saturated carbocycles. The molecule has 10 nitrogen and oxygen atoms in total. The van der Waals surface area contributed by atoms with Crippen LogP contribution in [0.5, 0.6) is 0 Å². The lowest BCUT2D eigenvalue weighted by atomic mass is 10.1. The van der Waals surface area contributed by atoms with E-state index in [-0.39, 0.29) is 13.0 Å². The van der Waals surface area contributed by atoms with Gasteiger partial charge in [0.2, 0.25) is 0 Å². The Labute approximate surface area is 271 Å². The summed E-state index contributed by atoms with van der Waals surface area (Å²) in [7, 11) is -4.62. The number of phosphoric acid groups is 1. The Morgan fingerprint density at radius 1 is 0.733 bits per heavy atom. The lowest BCUT2D eigenvalue weighted by Crippen LogP contribution is -2.34. The molecule has 0 aromatic carbocycles. The van der Waals surface area contributed by atoms with Crippen LogP contribution >= 0.6 is 7.82 Å². The van der Waals surface area contributed by atoms with E-state index in [0.717, 1.165) is 51.4 Å². The minimum atomic E-state index is -4.62. The van der Waals surface area contributed by atoms with Gasteiger partial charge in [0.15, 0.2) is 0 Å². The van der Waals surface area contributed by atoms with E-state index in [1.807, 2.05) is 12.2 Å². The summed E-state index contributed by atoms with van der Waals surface area (Å²) in [6.45, 7) is 3.44. The van der Waals surface area contributed by atoms with Crippen LogP contribution in [0.1, 0.15) is 104 Å². The number of carbonyl (C=O) groups excluding carboxylic acids is 1. The molecule has 0 amide bonds. The van der Waals surface area contributed by atoms with Crippen LogP contribution in [0.25, 0.3) is 0 Å². The van der Waals surface area contributed by atoms with Crippen molar-refractivity contribution in [3.8, 4) is 0 Å². The van der Waals surface area contributed by atoms with Gasteiger partial charge in [-0.2, -0.15) is 0 Å². The van der Waals surface area contributed by atoms with E-state index in [2.05, 4.69) is 67.0 Å². The van der Waals surface area contributed by atoms with E-state index < -0.39 is 45.1 Å². The molecular formula is C34H58NO9P. The molecule has 3 unspecified atom stereocenters. The van der Waals surface area contributed by atoms with E-state index in [0.29, 0.717) is 19.4 Å². The van der Waals surface area contributed by atoms with Gasteiger partial charge in [0.05, 0.1) is 26.4 Å². The number of ether oxygens (including phenoxy) is 2. The van der Waals surface area contributed by atoms with Crippen molar-refractivity contribution in [1.29, 1.82) is 0 Å². The molecule has 258 valence electrons. The molecule has 4 N–H and O–H groups in total. The number of esters is 1. The second-order valence-corrected chi connectivity index (χ2v) is 12.0. The third kappa shape index (κ3) is 30.1. The molecule has 0 heterocycles. The smallest absolute Gasteiger partial charge is 0.472 e. The zero-order valence-corrected chi connectivity index (χ0v) is 28.3. The predicted octanol–water partition coefficient (Wildman–Crippen LogP) is 7.74. The molecule has 0 aliphatic carbocycles. The molecule has 45 heavy (non-hydrogen) atoms. The third-order valence-corrected chi connectivity index (χ3v) is 7.28. The highest BCUT2D eigenvalue weighted by atomic mass is 31.2. The molecule has 0 rings (SSSR count).